The van der Waals surface area contributed by atoms with E-state index in [1.165, 1.54) is 5.56 Å². The maximum atomic E-state index is 12.2. The van der Waals surface area contributed by atoms with E-state index in [1.54, 1.807) is 12.0 Å². The van der Waals surface area contributed by atoms with Gasteiger partial charge in [-0.15, -0.1) is 0 Å². The van der Waals surface area contributed by atoms with Crippen molar-refractivity contribution in [3.63, 3.8) is 0 Å². The predicted molar refractivity (Wildman–Crippen MR) is 134 cm³/mol. The van der Waals surface area contributed by atoms with Crippen LogP contribution in [0.25, 0.3) is 0 Å². The van der Waals surface area contributed by atoms with E-state index in [9.17, 15) is 9.90 Å². The lowest BCUT2D eigenvalue weighted by Crippen LogP contribution is -2.43. The first-order valence-corrected chi connectivity index (χ1v) is 12.3. The van der Waals surface area contributed by atoms with Gasteiger partial charge in [-0.05, 0) is 48.9 Å². The molecule has 0 unspecified atom stereocenters. The molecule has 2 fully saturated rings. The molecule has 2 aliphatic heterocycles. The summed E-state index contributed by atoms with van der Waals surface area (Å²) in [6, 6.07) is 15.9. The molecule has 0 aromatic heterocycles. The largest absolute Gasteiger partial charge is 0.497 e. The second-order valence-corrected chi connectivity index (χ2v) is 9.63. The van der Waals surface area contributed by atoms with Gasteiger partial charge in [-0.3, -0.25) is 14.6 Å². The molecule has 1 N–H and O–H groups in total. The summed E-state index contributed by atoms with van der Waals surface area (Å²) < 4.78 is 16.2. The summed E-state index contributed by atoms with van der Waals surface area (Å²) in [7, 11) is 3.72. The highest BCUT2D eigenvalue weighted by Gasteiger charge is 2.36. The molecule has 4 rings (SSSR count). The number of hydrogen-bond acceptors (Lipinski definition) is 7. The minimum Gasteiger partial charge on any atom is -0.497 e. The SMILES string of the molecule is COc1ccc(CN(C)C[C@]2(O)CCN(Cc3ccc(OCC(=O)N4CCOCC4)cc3)C2)cc1. The van der Waals surface area contributed by atoms with Crippen LogP contribution in [0.15, 0.2) is 48.5 Å². The van der Waals surface area contributed by atoms with Crippen LogP contribution in [0.3, 0.4) is 0 Å². The van der Waals surface area contributed by atoms with Crippen molar-refractivity contribution in [1.29, 1.82) is 0 Å². The maximum Gasteiger partial charge on any atom is 0.260 e. The highest BCUT2D eigenvalue weighted by atomic mass is 16.5. The lowest BCUT2D eigenvalue weighted by atomic mass is 10.0. The second-order valence-electron chi connectivity index (χ2n) is 9.63. The van der Waals surface area contributed by atoms with Gasteiger partial charge in [-0.25, -0.2) is 0 Å². The van der Waals surface area contributed by atoms with E-state index in [1.807, 2.05) is 43.4 Å². The molecule has 35 heavy (non-hydrogen) atoms. The molecule has 0 radical (unpaired) electrons. The van der Waals surface area contributed by atoms with Crippen LogP contribution in [0.2, 0.25) is 0 Å². The molecule has 2 aromatic carbocycles. The van der Waals surface area contributed by atoms with Crippen LogP contribution in [-0.4, -0.2) is 98.0 Å². The van der Waals surface area contributed by atoms with Crippen molar-refractivity contribution in [2.75, 3.05) is 66.7 Å². The van der Waals surface area contributed by atoms with Crippen LogP contribution in [0.4, 0.5) is 0 Å². The third-order valence-corrected chi connectivity index (χ3v) is 6.64. The van der Waals surface area contributed by atoms with Crippen LogP contribution >= 0.6 is 0 Å². The number of hydrogen-bond donors (Lipinski definition) is 1. The zero-order valence-electron chi connectivity index (χ0n) is 20.8. The molecule has 0 aliphatic carbocycles. The number of nitrogens with zero attached hydrogens (tertiary/aromatic N) is 3. The summed E-state index contributed by atoms with van der Waals surface area (Å²) in [5.74, 6) is 1.53. The molecule has 0 saturated carbocycles. The van der Waals surface area contributed by atoms with Crippen molar-refractivity contribution in [3.8, 4) is 11.5 Å². The molecule has 1 amide bonds. The van der Waals surface area contributed by atoms with E-state index in [-0.39, 0.29) is 12.5 Å². The Morgan fingerprint density at radius 3 is 2.37 bits per heavy atom. The lowest BCUT2D eigenvalue weighted by molar-refractivity contribution is -0.137. The van der Waals surface area contributed by atoms with Gasteiger partial charge in [-0.2, -0.15) is 0 Å². The zero-order chi connectivity index (χ0) is 24.7. The Balaban J connectivity index is 1.20. The molecule has 0 spiro atoms. The Bertz CT molecular complexity index is 946. The van der Waals surface area contributed by atoms with Crippen LogP contribution < -0.4 is 9.47 Å². The van der Waals surface area contributed by atoms with E-state index in [2.05, 4.69) is 21.9 Å². The molecule has 190 valence electrons. The molecular weight excluding hydrogens is 446 g/mol. The van der Waals surface area contributed by atoms with E-state index in [4.69, 9.17) is 14.2 Å². The number of likely N-dealkylation sites (N-methyl/N-ethyl adjacent to an activating group) is 1. The van der Waals surface area contributed by atoms with E-state index in [0.717, 1.165) is 37.4 Å². The summed E-state index contributed by atoms with van der Waals surface area (Å²) in [5, 5.41) is 11.2. The Morgan fingerprint density at radius 1 is 1.03 bits per heavy atom. The standard InChI is InChI=1S/C27H37N3O5/c1-28(17-22-3-7-24(33-2)8-4-22)20-27(32)11-12-29(21-27)18-23-5-9-25(10-6-23)35-19-26(31)30-13-15-34-16-14-30/h3-10,32H,11-21H2,1-2H3/t27-/m1/s1. The number of morpholine rings is 1. The van der Waals surface area contributed by atoms with Crippen LogP contribution in [0.5, 0.6) is 11.5 Å². The topological polar surface area (TPSA) is 74.7 Å². The molecule has 2 aliphatic rings. The molecule has 8 heteroatoms. The van der Waals surface area contributed by atoms with Crippen LogP contribution in [-0.2, 0) is 22.6 Å². The monoisotopic (exact) mass is 483 g/mol. The number of carbonyl (C=O) groups excluding carboxylic acids is 1. The van der Waals surface area contributed by atoms with Gasteiger partial charge in [0.25, 0.3) is 5.91 Å². The molecule has 2 aromatic rings. The van der Waals surface area contributed by atoms with Crippen molar-refractivity contribution in [3.05, 3.63) is 59.7 Å². The van der Waals surface area contributed by atoms with Gasteiger partial charge >= 0.3 is 0 Å². The number of likely N-dealkylation sites (tertiary alicyclic amines) is 1. The van der Waals surface area contributed by atoms with Gasteiger partial charge in [0.2, 0.25) is 0 Å². The van der Waals surface area contributed by atoms with E-state index >= 15 is 0 Å². The smallest absolute Gasteiger partial charge is 0.260 e. The van der Waals surface area contributed by atoms with Crippen molar-refractivity contribution in [2.45, 2.75) is 25.1 Å². The fourth-order valence-electron chi connectivity index (χ4n) is 4.80. The van der Waals surface area contributed by atoms with Gasteiger partial charge in [0.15, 0.2) is 6.61 Å². The van der Waals surface area contributed by atoms with Gasteiger partial charge in [0.1, 0.15) is 11.5 Å². The number of carbonyl (C=O) groups is 1. The van der Waals surface area contributed by atoms with Gasteiger partial charge in [0, 0.05) is 45.8 Å². The summed E-state index contributed by atoms with van der Waals surface area (Å²) >= 11 is 0. The molecular formula is C27H37N3O5. The van der Waals surface area contributed by atoms with Crippen LogP contribution in [0, 0.1) is 0 Å². The average molecular weight is 484 g/mol. The predicted octanol–water partition coefficient (Wildman–Crippen LogP) is 2.00. The average Bonchev–Trinajstić information content (AvgIpc) is 3.23. The number of methoxy groups -OCH3 is 1. The van der Waals surface area contributed by atoms with Crippen molar-refractivity contribution in [1.82, 2.24) is 14.7 Å². The molecule has 0 bridgehead atoms. The minimum atomic E-state index is -0.718. The molecule has 2 heterocycles. The fourth-order valence-corrected chi connectivity index (χ4v) is 4.80. The molecule has 8 nitrogen and oxygen atoms in total. The van der Waals surface area contributed by atoms with E-state index in [0.29, 0.717) is 45.1 Å². The van der Waals surface area contributed by atoms with Gasteiger partial charge < -0.3 is 24.2 Å². The third kappa shape index (κ3) is 7.41. The summed E-state index contributed by atoms with van der Waals surface area (Å²) in [4.78, 5) is 18.5. The minimum absolute atomic E-state index is 0.00862. The van der Waals surface area contributed by atoms with Crippen LogP contribution in [0.1, 0.15) is 17.5 Å². The summed E-state index contributed by atoms with van der Waals surface area (Å²) in [5.41, 5.74) is 1.64. The number of aliphatic hydroxyl groups is 1. The second kappa shape index (κ2) is 11.9. The molecule has 2 saturated heterocycles. The highest BCUT2D eigenvalue weighted by Crippen LogP contribution is 2.25. The fraction of sp³-hybridized carbons (Fsp3) is 0.519. The van der Waals surface area contributed by atoms with Gasteiger partial charge in [0.05, 0.1) is 25.9 Å². The lowest BCUT2D eigenvalue weighted by Gasteiger charge is -2.29. The third-order valence-electron chi connectivity index (χ3n) is 6.64. The number of rotatable bonds is 10. The van der Waals surface area contributed by atoms with Crippen molar-refractivity contribution < 1.29 is 24.1 Å². The summed E-state index contributed by atoms with van der Waals surface area (Å²) in [6.07, 6.45) is 0.755. The zero-order valence-corrected chi connectivity index (χ0v) is 20.8. The Kier molecular flexibility index (Phi) is 8.62. The number of benzene rings is 2. The van der Waals surface area contributed by atoms with E-state index < -0.39 is 5.60 Å². The maximum absolute atomic E-state index is 12.2. The van der Waals surface area contributed by atoms with Crippen molar-refractivity contribution in [2.24, 2.45) is 0 Å². The Labute approximate surface area is 208 Å². The van der Waals surface area contributed by atoms with Crippen molar-refractivity contribution >= 4 is 5.91 Å². The summed E-state index contributed by atoms with van der Waals surface area (Å²) in [6.45, 7) is 6.16. The number of amides is 1. The number of β-amino-alcohol motifs (C(OH)–C–C–N with tert-alkyl or cyclic N) is 1. The Hall–Kier alpha value is -2.65. The number of ether oxygens (including phenoxy) is 3. The Morgan fingerprint density at radius 2 is 1.69 bits per heavy atom. The highest BCUT2D eigenvalue weighted by molar-refractivity contribution is 5.77. The van der Waals surface area contributed by atoms with Gasteiger partial charge in [-0.1, -0.05) is 24.3 Å². The normalized spacial score (nSPS) is 20.9. The quantitative estimate of drug-likeness (QED) is 0.554. The first-order valence-electron chi connectivity index (χ1n) is 12.3. The first kappa shape index (κ1) is 25.4. The first-order chi connectivity index (χ1) is 16.9. The molecule has 1 atom stereocenters.